The topological polar surface area (TPSA) is 57.1 Å². The van der Waals surface area contributed by atoms with Crippen LogP contribution in [0, 0.1) is 0 Å². The Kier molecular flexibility index (Phi) is 4.53. The van der Waals surface area contributed by atoms with Gasteiger partial charge in [0.2, 0.25) is 5.90 Å². The second-order valence-corrected chi connectivity index (χ2v) is 5.36. The normalized spacial score (nSPS) is 15.2. The second-order valence-electron chi connectivity index (χ2n) is 4.92. The summed E-state index contributed by atoms with van der Waals surface area (Å²) in [5, 5.41) is 0.492. The van der Waals surface area contributed by atoms with Crippen molar-refractivity contribution in [3.8, 4) is 11.5 Å². The monoisotopic (exact) mass is 343 g/mol. The molecule has 0 atom stereocenters. The molecule has 0 saturated heterocycles. The first-order chi connectivity index (χ1) is 11.6. The zero-order chi connectivity index (χ0) is 17.1. The highest BCUT2D eigenvalue weighted by Gasteiger charge is 2.26. The molecule has 1 aliphatic rings. The minimum Gasteiger partial charge on any atom is -0.496 e. The maximum atomic E-state index is 12.1. The van der Waals surface area contributed by atoms with Crippen molar-refractivity contribution in [2.75, 3.05) is 14.2 Å². The lowest BCUT2D eigenvalue weighted by Crippen LogP contribution is -2.07. The van der Waals surface area contributed by atoms with Gasteiger partial charge in [0.05, 0.1) is 19.8 Å². The number of para-hydroxylation sites is 1. The van der Waals surface area contributed by atoms with Gasteiger partial charge in [-0.1, -0.05) is 29.8 Å². The van der Waals surface area contributed by atoms with Gasteiger partial charge in [0.1, 0.15) is 11.5 Å². The molecule has 1 aliphatic heterocycles. The first-order valence-corrected chi connectivity index (χ1v) is 7.49. The Morgan fingerprint density at radius 2 is 1.83 bits per heavy atom. The number of halogens is 1. The molecule has 2 aromatic rings. The number of ether oxygens (including phenoxy) is 3. The van der Waals surface area contributed by atoms with E-state index in [-0.39, 0.29) is 11.6 Å². The summed E-state index contributed by atoms with van der Waals surface area (Å²) in [6.45, 7) is 0. The van der Waals surface area contributed by atoms with E-state index in [0.29, 0.717) is 22.1 Å². The number of carbonyl (C=O) groups is 1. The summed E-state index contributed by atoms with van der Waals surface area (Å²) in [6.07, 6.45) is 1.62. The average Bonchev–Trinajstić information content (AvgIpc) is 2.96. The molecule has 0 spiro atoms. The van der Waals surface area contributed by atoms with Gasteiger partial charge < -0.3 is 14.2 Å². The van der Waals surface area contributed by atoms with Crippen LogP contribution in [0.25, 0.3) is 6.08 Å². The molecule has 0 aliphatic carbocycles. The lowest BCUT2D eigenvalue weighted by molar-refractivity contribution is -0.129. The number of carbonyl (C=O) groups excluding carboxylic acids is 1. The summed E-state index contributed by atoms with van der Waals surface area (Å²) in [6, 6.07) is 12.3. The van der Waals surface area contributed by atoms with Gasteiger partial charge >= 0.3 is 5.97 Å². The number of rotatable bonds is 4. The van der Waals surface area contributed by atoms with Crippen LogP contribution in [0.2, 0.25) is 5.02 Å². The van der Waals surface area contributed by atoms with E-state index in [1.807, 2.05) is 18.2 Å². The lowest BCUT2D eigenvalue weighted by atomic mass is 10.1. The Morgan fingerprint density at radius 3 is 2.58 bits per heavy atom. The van der Waals surface area contributed by atoms with E-state index >= 15 is 0 Å². The van der Waals surface area contributed by atoms with Crippen molar-refractivity contribution < 1.29 is 19.0 Å². The number of aliphatic imine (C=N–C) groups is 1. The molecule has 5 nitrogen and oxygen atoms in total. The molecule has 0 bridgehead atoms. The van der Waals surface area contributed by atoms with Crippen molar-refractivity contribution in [2.45, 2.75) is 0 Å². The van der Waals surface area contributed by atoms with E-state index in [1.165, 1.54) is 7.11 Å². The smallest absolute Gasteiger partial charge is 0.363 e. The summed E-state index contributed by atoms with van der Waals surface area (Å²) in [5.74, 6) is 0.768. The van der Waals surface area contributed by atoms with Crippen LogP contribution >= 0.6 is 11.6 Å². The summed E-state index contributed by atoms with van der Waals surface area (Å²) in [7, 11) is 3.09. The van der Waals surface area contributed by atoms with E-state index < -0.39 is 5.97 Å². The number of hydrogen-bond acceptors (Lipinski definition) is 5. The van der Waals surface area contributed by atoms with E-state index in [9.17, 15) is 4.79 Å². The van der Waals surface area contributed by atoms with Gasteiger partial charge in [0.15, 0.2) is 5.70 Å². The molecular formula is C18H14ClNO4. The molecule has 0 aromatic heterocycles. The minimum absolute atomic E-state index is 0.153. The zero-order valence-corrected chi connectivity index (χ0v) is 13.8. The fourth-order valence-corrected chi connectivity index (χ4v) is 2.48. The van der Waals surface area contributed by atoms with Crippen LogP contribution in [0.15, 0.2) is 53.2 Å². The third-order valence-corrected chi connectivity index (χ3v) is 3.68. The summed E-state index contributed by atoms with van der Waals surface area (Å²) in [4.78, 5) is 16.4. The van der Waals surface area contributed by atoms with E-state index in [1.54, 1.807) is 37.5 Å². The average molecular weight is 344 g/mol. The fourth-order valence-electron chi connectivity index (χ4n) is 2.30. The zero-order valence-electron chi connectivity index (χ0n) is 13.1. The van der Waals surface area contributed by atoms with E-state index in [4.69, 9.17) is 25.8 Å². The molecule has 0 unspecified atom stereocenters. The maximum absolute atomic E-state index is 12.1. The third kappa shape index (κ3) is 3.12. The predicted octanol–water partition coefficient (Wildman–Crippen LogP) is 3.70. The van der Waals surface area contributed by atoms with Crippen molar-refractivity contribution in [1.82, 2.24) is 0 Å². The van der Waals surface area contributed by atoms with Gasteiger partial charge in [-0.05, 0) is 30.3 Å². The van der Waals surface area contributed by atoms with Gasteiger partial charge in [0.25, 0.3) is 0 Å². The SMILES string of the molecule is COc1ccccc1C=C1N=C(c2cc(Cl)ccc2OC)OC1=O. The van der Waals surface area contributed by atoms with Crippen LogP contribution < -0.4 is 9.47 Å². The van der Waals surface area contributed by atoms with Crippen LogP contribution in [0.4, 0.5) is 0 Å². The molecule has 3 rings (SSSR count). The van der Waals surface area contributed by atoms with E-state index in [0.717, 1.165) is 5.56 Å². The Morgan fingerprint density at radius 1 is 1.08 bits per heavy atom. The van der Waals surface area contributed by atoms with Gasteiger partial charge in [0, 0.05) is 10.6 Å². The standard InChI is InChI=1S/C18H14ClNO4/c1-22-15-6-4-3-5-11(15)9-14-18(21)24-17(20-14)13-10-12(19)7-8-16(13)23-2/h3-10H,1-2H3. The number of esters is 1. The van der Waals surface area contributed by atoms with E-state index in [2.05, 4.69) is 4.99 Å². The molecule has 0 amide bonds. The van der Waals surface area contributed by atoms with Gasteiger partial charge in [-0.3, -0.25) is 0 Å². The highest BCUT2D eigenvalue weighted by Crippen LogP contribution is 2.29. The van der Waals surface area contributed by atoms with Crippen LogP contribution in [0.3, 0.4) is 0 Å². The Balaban J connectivity index is 2.02. The second kappa shape index (κ2) is 6.76. The highest BCUT2D eigenvalue weighted by atomic mass is 35.5. The predicted molar refractivity (Wildman–Crippen MR) is 91.6 cm³/mol. The number of nitrogens with zero attached hydrogens (tertiary/aromatic N) is 1. The van der Waals surface area contributed by atoms with Gasteiger partial charge in [-0.25, -0.2) is 9.79 Å². The van der Waals surface area contributed by atoms with Crippen molar-refractivity contribution in [3.63, 3.8) is 0 Å². The molecule has 0 saturated carbocycles. The van der Waals surface area contributed by atoms with Crippen molar-refractivity contribution in [3.05, 3.63) is 64.3 Å². The maximum Gasteiger partial charge on any atom is 0.363 e. The molecule has 1 heterocycles. The van der Waals surface area contributed by atoms with Crippen molar-refractivity contribution in [1.29, 1.82) is 0 Å². The van der Waals surface area contributed by atoms with Crippen LogP contribution in [-0.2, 0) is 9.53 Å². The lowest BCUT2D eigenvalue weighted by Gasteiger charge is -2.07. The molecule has 0 radical (unpaired) electrons. The molecule has 0 fully saturated rings. The number of hydrogen-bond donors (Lipinski definition) is 0. The van der Waals surface area contributed by atoms with Gasteiger partial charge in [-0.2, -0.15) is 0 Å². The quantitative estimate of drug-likeness (QED) is 0.627. The summed E-state index contributed by atoms with van der Waals surface area (Å²) >= 11 is 6.01. The molecule has 24 heavy (non-hydrogen) atoms. The van der Waals surface area contributed by atoms with Crippen molar-refractivity contribution in [2.24, 2.45) is 4.99 Å². The van der Waals surface area contributed by atoms with Crippen LogP contribution in [-0.4, -0.2) is 26.1 Å². The van der Waals surface area contributed by atoms with Crippen molar-refractivity contribution >= 4 is 29.5 Å². The molecule has 6 heteroatoms. The summed E-state index contributed by atoms with van der Waals surface area (Å²) in [5.41, 5.74) is 1.42. The molecular weight excluding hydrogens is 330 g/mol. The number of cyclic esters (lactones) is 1. The molecule has 0 N–H and O–H groups in total. The number of methoxy groups -OCH3 is 2. The Hall–Kier alpha value is -2.79. The first-order valence-electron chi connectivity index (χ1n) is 7.12. The first kappa shape index (κ1) is 16.1. The van der Waals surface area contributed by atoms with Crippen LogP contribution in [0.1, 0.15) is 11.1 Å². The number of benzene rings is 2. The third-order valence-electron chi connectivity index (χ3n) is 3.44. The Labute approximate surface area is 144 Å². The fraction of sp³-hybridized carbons (Fsp3) is 0.111. The van der Waals surface area contributed by atoms with Gasteiger partial charge in [-0.15, -0.1) is 0 Å². The highest BCUT2D eigenvalue weighted by molar-refractivity contribution is 6.31. The summed E-state index contributed by atoms with van der Waals surface area (Å²) < 4.78 is 15.8. The molecule has 2 aromatic carbocycles. The Bertz CT molecular complexity index is 858. The molecule has 122 valence electrons. The largest absolute Gasteiger partial charge is 0.496 e. The minimum atomic E-state index is -0.544. The van der Waals surface area contributed by atoms with Crippen LogP contribution in [0.5, 0.6) is 11.5 Å².